The Morgan fingerprint density at radius 1 is 1.23 bits per heavy atom. The van der Waals surface area contributed by atoms with Crippen LogP contribution in [-0.2, 0) is 0 Å². The van der Waals surface area contributed by atoms with E-state index in [-0.39, 0.29) is 18.1 Å². The topological polar surface area (TPSA) is 88.8 Å². The highest BCUT2D eigenvalue weighted by molar-refractivity contribution is 8.13. The lowest BCUT2D eigenvalue weighted by Crippen LogP contribution is -2.44. The molecule has 0 saturated heterocycles. The van der Waals surface area contributed by atoms with Gasteiger partial charge >= 0.3 is 12.1 Å². The molecular formula is C18H25N5O2S. The van der Waals surface area contributed by atoms with Gasteiger partial charge in [-0.1, -0.05) is 11.8 Å². The number of rotatable bonds is 4. The Labute approximate surface area is 159 Å². The second-order valence-electron chi connectivity index (χ2n) is 5.64. The van der Waals surface area contributed by atoms with E-state index in [0.29, 0.717) is 29.5 Å². The number of amidine groups is 1. The lowest BCUT2D eigenvalue weighted by atomic mass is 10.2. The number of carbonyl (C=O) groups is 2. The number of urea groups is 2. The average Bonchev–Trinajstić information content (AvgIpc) is 2.62. The lowest BCUT2D eigenvalue weighted by molar-refractivity contribution is 0.212. The van der Waals surface area contributed by atoms with E-state index in [1.165, 1.54) is 16.7 Å². The summed E-state index contributed by atoms with van der Waals surface area (Å²) in [6.07, 6.45) is 1.78. The van der Waals surface area contributed by atoms with Crippen molar-refractivity contribution in [3.63, 3.8) is 0 Å². The van der Waals surface area contributed by atoms with Crippen molar-refractivity contribution in [2.24, 2.45) is 4.99 Å². The van der Waals surface area contributed by atoms with Gasteiger partial charge in [0.05, 0.1) is 11.6 Å². The molecule has 0 heterocycles. The van der Waals surface area contributed by atoms with Crippen molar-refractivity contribution in [2.75, 3.05) is 24.7 Å². The van der Waals surface area contributed by atoms with Crippen LogP contribution in [0.1, 0.15) is 33.3 Å². The van der Waals surface area contributed by atoms with Gasteiger partial charge in [-0.25, -0.2) is 9.59 Å². The van der Waals surface area contributed by atoms with E-state index >= 15 is 0 Å². The standard InChI is InChI=1S/C18H25N5O2S/c1-6-22(7-2)16(24)21-18(26-5)23(13(3)4)17(25)20-15-10-8-14(12-19)9-11-15/h8-11,13H,6-7H2,1-5H3,(H,20,25). The third kappa shape index (κ3) is 5.77. The van der Waals surface area contributed by atoms with Gasteiger partial charge in [-0.15, -0.1) is 0 Å². The van der Waals surface area contributed by atoms with Crippen LogP contribution in [0.15, 0.2) is 29.3 Å². The second kappa shape index (κ2) is 10.5. The van der Waals surface area contributed by atoms with Crippen LogP contribution in [0.5, 0.6) is 0 Å². The largest absolute Gasteiger partial charge is 0.345 e. The van der Waals surface area contributed by atoms with Crippen LogP contribution in [0.4, 0.5) is 15.3 Å². The van der Waals surface area contributed by atoms with Crippen molar-refractivity contribution in [2.45, 2.75) is 33.7 Å². The number of nitrogens with one attached hydrogen (secondary N) is 1. The number of hydrogen-bond donors (Lipinski definition) is 1. The summed E-state index contributed by atoms with van der Waals surface area (Å²) >= 11 is 1.24. The maximum absolute atomic E-state index is 12.7. The number of thioether (sulfide) groups is 1. The van der Waals surface area contributed by atoms with Crippen molar-refractivity contribution in [3.8, 4) is 6.07 Å². The summed E-state index contributed by atoms with van der Waals surface area (Å²) < 4.78 is 0. The van der Waals surface area contributed by atoms with Gasteiger partial charge in [-0.05, 0) is 58.2 Å². The zero-order valence-corrected chi connectivity index (χ0v) is 16.6. The number of nitriles is 1. The SMILES string of the molecule is CCN(CC)C(=O)N=C(SC)N(C(=O)Nc1ccc(C#N)cc1)C(C)C. The van der Waals surface area contributed by atoms with Crippen molar-refractivity contribution >= 4 is 34.7 Å². The third-order valence-corrected chi connectivity index (χ3v) is 4.27. The minimum absolute atomic E-state index is 0.191. The maximum atomic E-state index is 12.7. The highest BCUT2D eigenvalue weighted by Gasteiger charge is 2.24. The molecule has 0 aliphatic carbocycles. The van der Waals surface area contributed by atoms with Crippen molar-refractivity contribution in [3.05, 3.63) is 29.8 Å². The zero-order valence-electron chi connectivity index (χ0n) is 15.8. The molecule has 0 radical (unpaired) electrons. The Bertz CT molecular complexity index is 691. The molecule has 0 aromatic heterocycles. The van der Waals surface area contributed by atoms with E-state index in [0.717, 1.165) is 0 Å². The quantitative estimate of drug-likeness (QED) is 0.637. The first-order valence-corrected chi connectivity index (χ1v) is 9.62. The number of amides is 4. The Hall–Kier alpha value is -2.53. The number of nitrogens with zero attached hydrogens (tertiary/aromatic N) is 4. The van der Waals surface area contributed by atoms with Crippen molar-refractivity contribution < 1.29 is 9.59 Å². The summed E-state index contributed by atoms with van der Waals surface area (Å²) in [5.74, 6) is 0. The molecule has 0 atom stereocenters. The fourth-order valence-corrected chi connectivity index (χ4v) is 2.86. The third-order valence-electron chi connectivity index (χ3n) is 3.61. The van der Waals surface area contributed by atoms with Crippen LogP contribution in [0, 0.1) is 11.3 Å². The van der Waals surface area contributed by atoms with Gasteiger partial charge in [0.1, 0.15) is 0 Å². The van der Waals surface area contributed by atoms with Gasteiger partial charge in [0.15, 0.2) is 5.17 Å². The van der Waals surface area contributed by atoms with Crippen LogP contribution in [0.3, 0.4) is 0 Å². The molecule has 1 aromatic rings. The summed E-state index contributed by atoms with van der Waals surface area (Å²) in [7, 11) is 0. The smallest absolute Gasteiger partial charge is 0.323 e. The first-order valence-electron chi connectivity index (χ1n) is 8.39. The summed E-state index contributed by atoms with van der Waals surface area (Å²) in [4.78, 5) is 32.2. The van der Waals surface area contributed by atoms with Gasteiger partial charge in [0, 0.05) is 24.8 Å². The van der Waals surface area contributed by atoms with E-state index in [9.17, 15) is 9.59 Å². The van der Waals surface area contributed by atoms with E-state index in [1.807, 2.05) is 33.8 Å². The molecule has 0 spiro atoms. The number of aliphatic imine (C=N–C) groups is 1. The molecule has 0 aliphatic heterocycles. The van der Waals surface area contributed by atoms with Gasteiger partial charge in [0.25, 0.3) is 0 Å². The Morgan fingerprint density at radius 2 is 1.81 bits per heavy atom. The van der Waals surface area contributed by atoms with Crippen LogP contribution in [0.25, 0.3) is 0 Å². The molecule has 0 fully saturated rings. The summed E-state index contributed by atoms with van der Waals surface area (Å²) in [5, 5.41) is 12.0. The number of carbonyl (C=O) groups excluding carboxylic acids is 2. The molecule has 1 aromatic carbocycles. The van der Waals surface area contributed by atoms with Crippen molar-refractivity contribution in [1.82, 2.24) is 9.80 Å². The number of anilines is 1. The molecule has 140 valence electrons. The number of benzene rings is 1. The monoisotopic (exact) mass is 375 g/mol. The zero-order chi connectivity index (χ0) is 19.7. The number of hydrogen-bond acceptors (Lipinski definition) is 4. The first-order chi connectivity index (χ1) is 12.4. The molecule has 26 heavy (non-hydrogen) atoms. The summed E-state index contributed by atoms with van der Waals surface area (Å²) in [6, 6.07) is 7.66. The summed E-state index contributed by atoms with van der Waals surface area (Å²) in [6.45, 7) is 8.58. The minimum atomic E-state index is -0.384. The van der Waals surface area contributed by atoms with E-state index < -0.39 is 0 Å². The highest BCUT2D eigenvalue weighted by Crippen LogP contribution is 2.15. The minimum Gasteiger partial charge on any atom is -0.323 e. The fraction of sp³-hybridized carbons (Fsp3) is 0.444. The first kappa shape index (κ1) is 21.5. The van der Waals surface area contributed by atoms with Crippen LogP contribution in [0.2, 0.25) is 0 Å². The van der Waals surface area contributed by atoms with E-state index in [4.69, 9.17) is 5.26 Å². The molecule has 0 bridgehead atoms. The Balaban J connectivity index is 3.05. The molecule has 7 nitrogen and oxygen atoms in total. The predicted molar refractivity (Wildman–Crippen MR) is 106 cm³/mol. The molecule has 1 N–H and O–H groups in total. The van der Waals surface area contributed by atoms with E-state index in [1.54, 1.807) is 35.4 Å². The molecule has 1 rings (SSSR count). The highest BCUT2D eigenvalue weighted by atomic mass is 32.2. The van der Waals surface area contributed by atoms with Crippen LogP contribution < -0.4 is 5.32 Å². The normalized spacial score (nSPS) is 11.0. The average molecular weight is 375 g/mol. The Morgan fingerprint density at radius 3 is 2.23 bits per heavy atom. The Kier molecular flexibility index (Phi) is 8.65. The van der Waals surface area contributed by atoms with Gasteiger partial charge in [-0.3, -0.25) is 4.90 Å². The predicted octanol–water partition coefficient (Wildman–Crippen LogP) is 3.98. The fourth-order valence-electron chi connectivity index (χ4n) is 2.20. The van der Waals surface area contributed by atoms with Gasteiger partial charge in [-0.2, -0.15) is 10.3 Å². The van der Waals surface area contributed by atoms with Crippen LogP contribution in [-0.4, -0.2) is 52.4 Å². The second-order valence-corrected chi connectivity index (χ2v) is 6.41. The molecule has 4 amide bonds. The summed E-state index contributed by atoms with van der Waals surface area (Å²) in [5.41, 5.74) is 1.08. The molecular weight excluding hydrogens is 350 g/mol. The molecule has 0 saturated carbocycles. The molecule has 0 aliphatic rings. The van der Waals surface area contributed by atoms with Crippen LogP contribution >= 0.6 is 11.8 Å². The van der Waals surface area contributed by atoms with E-state index in [2.05, 4.69) is 10.3 Å². The molecule has 0 unspecified atom stereocenters. The lowest BCUT2D eigenvalue weighted by Gasteiger charge is -2.27. The van der Waals surface area contributed by atoms with Crippen molar-refractivity contribution in [1.29, 1.82) is 5.26 Å². The maximum Gasteiger partial charge on any atom is 0.345 e. The molecule has 8 heteroatoms. The van der Waals surface area contributed by atoms with Gasteiger partial charge < -0.3 is 10.2 Å². The van der Waals surface area contributed by atoms with Gasteiger partial charge in [0.2, 0.25) is 0 Å².